The molecule has 5 nitrogen and oxygen atoms in total. The molecule has 3 rings (SSSR count). The molecule has 1 fully saturated rings. The van der Waals surface area contributed by atoms with E-state index in [0.29, 0.717) is 10.2 Å². The Kier molecular flexibility index (Phi) is 4.46. The van der Waals surface area contributed by atoms with Crippen molar-refractivity contribution in [1.29, 1.82) is 0 Å². The molecule has 1 aromatic heterocycles. The van der Waals surface area contributed by atoms with Crippen molar-refractivity contribution in [2.75, 3.05) is 4.72 Å². The van der Waals surface area contributed by atoms with Crippen LogP contribution in [0.5, 0.6) is 0 Å². The van der Waals surface area contributed by atoms with E-state index in [0.717, 1.165) is 25.7 Å². The number of benzene rings is 1. The highest BCUT2D eigenvalue weighted by Crippen LogP contribution is 2.31. The van der Waals surface area contributed by atoms with Gasteiger partial charge in [0.05, 0.1) is 17.4 Å². The predicted molar refractivity (Wildman–Crippen MR) is 89.4 cm³/mol. The van der Waals surface area contributed by atoms with Crippen molar-refractivity contribution < 1.29 is 12.8 Å². The van der Waals surface area contributed by atoms with Gasteiger partial charge in [-0.3, -0.25) is 9.40 Å². The lowest BCUT2D eigenvalue weighted by atomic mass is 10.3. The first-order valence-corrected chi connectivity index (χ1v) is 9.68. The molecule has 0 aliphatic heterocycles. The zero-order chi connectivity index (χ0) is 16.6. The lowest BCUT2D eigenvalue weighted by molar-refractivity contribution is 0.464. The molecule has 0 radical (unpaired) electrons. The molecule has 1 aromatic carbocycles. The zero-order valence-corrected chi connectivity index (χ0v) is 15.0. The molecule has 23 heavy (non-hydrogen) atoms. The van der Waals surface area contributed by atoms with Gasteiger partial charge >= 0.3 is 0 Å². The molecule has 1 heterocycles. The summed E-state index contributed by atoms with van der Waals surface area (Å²) < 4.78 is 43.5. The summed E-state index contributed by atoms with van der Waals surface area (Å²) in [4.78, 5) is 0.0896. The van der Waals surface area contributed by atoms with Crippen molar-refractivity contribution in [3.8, 4) is 0 Å². The van der Waals surface area contributed by atoms with Gasteiger partial charge in [-0.25, -0.2) is 12.8 Å². The van der Waals surface area contributed by atoms with Gasteiger partial charge < -0.3 is 0 Å². The maximum Gasteiger partial charge on any atom is 0.265 e. The Morgan fingerprint density at radius 3 is 2.70 bits per heavy atom. The molecule has 0 unspecified atom stereocenters. The second kappa shape index (κ2) is 6.24. The van der Waals surface area contributed by atoms with E-state index in [1.165, 1.54) is 12.1 Å². The molecule has 1 aliphatic rings. The van der Waals surface area contributed by atoms with E-state index in [4.69, 9.17) is 0 Å². The van der Waals surface area contributed by atoms with Gasteiger partial charge in [-0.1, -0.05) is 28.8 Å². The molecule has 1 N–H and O–H groups in total. The third-order valence-electron chi connectivity index (χ3n) is 4.04. The fourth-order valence-electron chi connectivity index (χ4n) is 2.86. The Labute approximate surface area is 143 Å². The Morgan fingerprint density at radius 1 is 1.35 bits per heavy atom. The first-order valence-electron chi connectivity index (χ1n) is 7.40. The van der Waals surface area contributed by atoms with E-state index in [-0.39, 0.29) is 16.6 Å². The van der Waals surface area contributed by atoms with Crippen LogP contribution in [0, 0.1) is 12.7 Å². The van der Waals surface area contributed by atoms with Crippen LogP contribution in [0.1, 0.15) is 37.4 Å². The van der Waals surface area contributed by atoms with Gasteiger partial charge in [0.25, 0.3) is 10.0 Å². The maximum atomic E-state index is 13.9. The second-order valence-corrected chi connectivity index (χ2v) is 8.29. The van der Waals surface area contributed by atoms with Crippen molar-refractivity contribution >= 4 is 31.6 Å². The van der Waals surface area contributed by atoms with Crippen LogP contribution >= 0.6 is 15.9 Å². The molecule has 1 aliphatic carbocycles. The SMILES string of the molecule is Cc1nn(C2CCCC2)cc1S(=O)(=O)Nc1ccc(Br)cc1F. The van der Waals surface area contributed by atoms with Gasteiger partial charge in [-0.15, -0.1) is 0 Å². The minimum absolute atomic E-state index is 0.0822. The fraction of sp³-hybridized carbons (Fsp3) is 0.400. The van der Waals surface area contributed by atoms with Crippen LogP contribution in [-0.2, 0) is 10.0 Å². The Bertz CT molecular complexity index is 829. The summed E-state index contributed by atoms with van der Waals surface area (Å²) in [7, 11) is -3.88. The summed E-state index contributed by atoms with van der Waals surface area (Å²) in [6, 6.07) is 4.43. The number of aromatic nitrogens is 2. The van der Waals surface area contributed by atoms with Gasteiger partial charge in [0, 0.05) is 10.7 Å². The number of nitrogens with zero attached hydrogens (tertiary/aromatic N) is 2. The number of rotatable bonds is 4. The largest absolute Gasteiger partial charge is 0.277 e. The van der Waals surface area contributed by atoms with E-state index >= 15 is 0 Å². The predicted octanol–water partition coefficient (Wildman–Crippen LogP) is 4.01. The summed E-state index contributed by atoms with van der Waals surface area (Å²) in [5, 5.41) is 4.33. The van der Waals surface area contributed by atoms with Crippen LogP contribution < -0.4 is 4.72 Å². The molecule has 0 spiro atoms. The van der Waals surface area contributed by atoms with Crippen molar-refractivity contribution in [3.63, 3.8) is 0 Å². The topological polar surface area (TPSA) is 64.0 Å². The molecule has 124 valence electrons. The average molecular weight is 402 g/mol. The highest BCUT2D eigenvalue weighted by atomic mass is 79.9. The first kappa shape index (κ1) is 16.4. The van der Waals surface area contributed by atoms with E-state index in [1.807, 2.05) is 0 Å². The van der Waals surface area contributed by atoms with Crippen LogP contribution in [0.25, 0.3) is 0 Å². The number of halogens is 2. The van der Waals surface area contributed by atoms with Crippen LogP contribution in [0.4, 0.5) is 10.1 Å². The third kappa shape index (κ3) is 3.42. The van der Waals surface area contributed by atoms with Crippen molar-refractivity contribution in [2.45, 2.75) is 43.5 Å². The average Bonchev–Trinajstić information content (AvgIpc) is 3.11. The summed E-state index contributed by atoms with van der Waals surface area (Å²) in [6.45, 7) is 1.65. The number of nitrogens with one attached hydrogen (secondary N) is 1. The normalized spacial score (nSPS) is 16.0. The van der Waals surface area contributed by atoms with Gasteiger partial charge in [-0.2, -0.15) is 5.10 Å². The van der Waals surface area contributed by atoms with Crippen LogP contribution in [0.2, 0.25) is 0 Å². The molecular formula is C15H17BrFN3O2S. The molecule has 0 bridgehead atoms. The monoisotopic (exact) mass is 401 g/mol. The van der Waals surface area contributed by atoms with Crippen LogP contribution in [0.3, 0.4) is 0 Å². The summed E-state index contributed by atoms with van der Waals surface area (Å²) in [5.41, 5.74) is 0.336. The molecular weight excluding hydrogens is 385 g/mol. The lowest BCUT2D eigenvalue weighted by Crippen LogP contribution is -2.14. The third-order valence-corrected chi connectivity index (χ3v) is 6.00. The number of hydrogen-bond acceptors (Lipinski definition) is 3. The van der Waals surface area contributed by atoms with Gasteiger partial charge in [0.2, 0.25) is 0 Å². The van der Waals surface area contributed by atoms with Crippen molar-refractivity contribution in [3.05, 3.63) is 40.4 Å². The summed E-state index contributed by atoms with van der Waals surface area (Å²) in [5.74, 6) is -0.635. The van der Waals surface area contributed by atoms with E-state index in [9.17, 15) is 12.8 Å². The maximum absolute atomic E-state index is 13.9. The zero-order valence-electron chi connectivity index (χ0n) is 12.6. The molecule has 2 aromatic rings. The first-order chi connectivity index (χ1) is 10.9. The number of sulfonamides is 1. The van der Waals surface area contributed by atoms with Crippen LogP contribution in [0.15, 0.2) is 33.8 Å². The minimum Gasteiger partial charge on any atom is -0.277 e. The lowest BCUT2D eigenvalue weighted by Gasteiger charge is -2.09. The van der Waals surface area contributed by atoms with Gasteiger partial charge in [-0.05, 0) is 38.0 Å². The highest BCUT2D eigenvalue weighted by Gasteiger charge is 2.25. The van der Waals surface area contributed by atoms with Gasteiger partial charge in [0.15, 0.2) is 0 Å². The number of aryl methyl sites for hydroxylation is 1. The number of anilines is 1. The molecule has 0 amide bonds. The molecule has 8 heteroatoms. The van der Waals surface area contributed by atoms with Crippen LogP contribution in [-0.4, -0.2) is 18.2 Å². The minimum atomic E-state index is -3.88. The Hall–Kier alpha value is -1.41. The number of hydrogen-bond donors (Lipinski definition) is 1. The summed E-state index contributed by atoms with van der Waals surface area (Å²) >= 11 is 3.14. The Balaban J connectivity index is 1.90. The fourth-order valence-corrected chi connectivity index (χ4v) is 4.43. The van der Waals surface area contributed by atoms with Crippen molar-refractivity contribution in [1.82, 2.24) is 9.78 Å². The Morgan fingerprint density at radius 2 is 2.04 bits per heavy atom. The van der Waals surface area contributed by atoms with Gasteiger partial charge in [0.1, 0.15) is 10.7 Å². The van der Waals surface area contributed by atoms with E-state index < -0.39 is 15.8 Å². The standard InChI is InChI=1S/C15H17BrFN3O2S/c1-10-15(9-20(18-10)12-4-2-3-5-12)23(21,22)19-14-7-6-11(16)8-13(14)17/h6-9,12,19H,2-5H2,1H3. The molecule has 0 atom stereocenters. The smallest absolute Gasteiger partial charge is 0.265 e. The van der Waals surface area contributed by atoms with E-state index in [2.05, 4.69) is 25.8 Å². The summed E-state index contributed by atoms with van der Waals surface area (Å²) in [6.07, 6.45) is 5.83. The molecule has 1 saturated carbocycles. The van der Waals surface area contributed by atoms with E-state index in [1.54, 1.807) is 23.9 Å². The molecule has 0 saturated heterocycles. The second-order valence-electron chi connectivity index (χ2n) is 5.73. The van der Waals surface area contributed by atoms with Crippen molar-refractivity contribution in [2.24, 2.45) is 0 Å². The quantitative estimate of drug-likeness (QED) is 0.841. The highest BCUT2D eigenvalue weighted by molar-refractivity contribution is 9.10.